The lowest BCUT2D eigenvalue weighted by Crippen LogP contribution is -2.45. The van der Waals surface area contributed by atoms with Crippen molar-refractivity contribution in [1.29, 1.82) is 0 Å². The van der Waals surface area contributed by atoms with Gasteiger partial charge >= 0.3 is 12.0 Å². The number of anilines is 1. The molecule has 0 aliphatic rings. The second kappa shape index (κ2) is 6.50. The van der Waals surface area contributed by atoms with Crippen LogP contribution in [0.2, 0.25) is 0 Å². The van der Waals surface area contributed by atoms with Gasteiger partial charge in [0.05, 0.1) is 12.3 Å². The van der Waals surface area contributed by atoms with E-state index in [0.717, 1.165) is 0 Å². The Balaban J connectivity index is 2.67. The van der Waals surface area contributed by atoms with Crippen LogP contribution in [0.15, 0.2) is 18.2 Å². The number of aliphatic hydroxyl groups excluding tert-OH is 1. The Morgan fingerprint density at radius 2 is 2.11 bits per heavy atom. The van der Waals surface area contributed by atoms with Crippen LogP contribution in [0.5, 0.6) is 0 Å². The molecule has 0 aliphatic carbocycles. The standard InChI is InChI=1S/C10H10FIN2O4/c11-5-1-2-7(6(12)3-5)13-10(18)14-8(4-15)9(16)17/h1-3,8,15H,4H2,(H,16,17)(H2,13,14,18)/t8-/m0/s1. The lowest BCUT2D eigenvalue weighted by atomic mass is 10.3. The number of rotatable bonds is 4. The van der Waals surface area contributed by atoms with Crippen LogP contribution in [0, 0.1) is 9.39 Å². The molecule has 0 bridgehead atoms. The Hall–Kier alpha value is -1.42. The molecule has 6 nitrogen and oxygen atoms in total. The second-order valence-electron chi connectivity index (χ2n) is 3.30. The number of carbonyl (C=O) groups excluding carboxylic acids is 1. The molecule has 0 heterocycles. The van der Waals surface area contributed by atoms with Gasteiger partial charge in [0.25, 0.3) is 0 Å². The SMILES string of the molecule is O=C(Nc1ccc(F)cc1I)N[C@@H](CO)C(=O)O. The number of carbonyl (C=O) groups is 2. The van der Waals surface area contributed by atoms with Crippen molar-refractivity contribution in [3.8, 4) is 0 Å². The van der Waals surface area contributed by atoms with Crippen molar-refractivity contribution in [3.05, 3.63) is 27.6 Å². The summed E-state index contributed by atoms with van der Waals surface area (Å²) in [5.41, 5.74) is 0.344. The number of urea groups is 1. The van der Waals surface area contributed by atoms with Gasteiger partial charge in [0.1, 0.15) is 5.82 Å². The maximum Gasteiger partial charge on any atom is 0.328 e. The van der Waals surface area contributed by atoms with Gasteiger partial charge in [0.15, 0.2) is 6.04 Å². The topological polar surface area (TPSA) is 98.7 Å². The summed E-state index contributed by atoms with van der Waals surface area (Å²) in [5.74, 6) is -1.79. The predicted molar refractivity (Wildman–Crippen MR) is 69.8 cm³/mol. The molecule has 0 spiro atoms. The van der Waals surface area contributed by atoms with Gasteiger partial charge in [0, 0.05) is 3.57 Å². The number of carboxylic acids is 1. The van der Waals surface area contributed by atoms with Gasteiger partial charge in [-0.15, -0.1) is 0 Å². The molecular formula is C10H10FIN2O4. The lowest BCUT2D eigenvalue weighted by Gasteiger charge is -2.13. The van der Waals surface area contributed by atoms with E-state index in [1.165, 1.54) is 18.2 Å². The van der Waals surface area contributed by atoms with Crippen LogP contribution in [0.1, 0.15) is 0 Å². The molecule has 0 aromatic heterocycles. The van der Waals surface area contributed by atoms with E-state index >= 15 is 0 Å². The Bertz CT molecular complexity index is 469. The quantitative estimate of drug-likeness (QED) is 0.596. The molecule has 1 atom stereocenters. The van der Waals surface area contributed by atoms with E-state index in [4.69, 9.17) is 10.2 Å². The van der Waals surface area contributed by atoms with Crippen molar-refractivity contribution in [2.45, 2.75) is 6.04 Å². The minimum absolute atomic E-state index is 0.344. The van der Waals surface area contributed by atoms with Gasteiger partial charge < -0.3 is 20.8 Å². The minimum atomic E-state index is -1.39. The Kier molecular flexibility index (Phi) is 5.28. The summed E-state index contributed by atoms with van der Waals surface area (Å²) >= 11 is 1.83. The van der Waals surface area contributed by atoms with Crippen molar-refractivity contribution in [1.82, 2.24) is 5.32 Å². The molecule has 4 N–H and O–H groups in total. The third-order valence-corrected chi connectivity index (χ3v) is 2.86. The largest absolute Gasteiger partial charge is 0.480 e. The zero-order valence-corrected chi connectivity index (χ0v) is 11.1. The van der Waals surface area contributed by atoms with Gasteiger partial charge in [-0.3, -0.25) is 0 Å². The Labute approximate surface area is 115 Å². The molecule has 1 aromatic rings. The highest BCUT2D eigenvalue weighted by Gasteiger charge is 2.18. The summed E-state index contributed by atoms with van der Waals surface area (Å²) in [5, 5.41) is 21.8. The zero-order chi connectivity index (χ0) is 13.7. The minimum Gasteiger partial charge on any atom is -0.480 e. The van der Waals surface area contributed by atoms with Crippen molar-refractivity contribution in [2.75, 3.05) is 11.9 Å². The fourth-order valence-corrected chi connectivity index (χ4v) is 1.71. The van der Waals surface area contributed by atoms with Crippen LogP contribution < -0.4 is 10.6 Å². The average Bonchev–Trinajstić information content (AvgIpc) is 2.29. The van der Waals surface area contributed by atoms with E-state index in [1.807, 2.05) is 22.6 Å². The fourth-order valence-electron chi connectivity index (χ4n) is 1.09. The normalized spacial score (nSPS) is 11.7. The fraction of sp³-hybridized carbons (Fsp3) is 0.200. The summed E-state index contributed by atoms with van der Waals surface area (Å²) in [6.07, 6.45) is 0. The first-order valence-electron chi connectivity index (χ1n) is 4.80. The van der Waals surface area contributed by atoms with Gasteiger partial charge in [-0.25, -0.2) is 14.0 Å². The maximum atomic E-state index is 12.8. The predicted octanol–water partition coefficient (Wildman–Crippen LogP) is 0.997. The molecule has 98 valence electrons. The first-order valence-corrected chi connectivity index (χ1v) is 5.88. The number of amides is 2. The smallest absolute Gasteiger partial charge is 0.328 e. The second-order valence-corrected chi connectivity index (χ2v) is 4.46. The molecule has 1 aromatic carbocycles. The van der Waals surface area contributed by atoms with Crippen molar-refractivity contribution in [3.63, 3.8) is 0 Å². The number of carboxylic acid groups (broad SMARTS) is 1. The first kappa shape index (κ1) is 14.6. The third kappa shape index (κ3) is 4.11. The van der Waals surface area contributed by atoms with E-state index in [-0.39, 0.29) is 0 Å². The summed E-state index contributed by atoms with van der Waals surface area (Å²) in [7, 11) is 0. The van der Waals surface area contributed by atoms with Gasteiger partial charge in [0.2, 0.25) is 0 Å². The number of hydrogen-bond acceptors (Lipinski definition) is 3. The summed E-state index contributed by atoms with van der Waals surface area (Å²) in [6, 6.07) is 1.56. The van der Waals surface area contributed by atoms with Crippen LogP contribution in [0.25, 0.3) is 0 Å². The highest BCUT2D eigenvalue weighted by atomic mass is 127. The molecule has 0 saturated carbocycles. The molecule has 0 fully saturated rings. The molecule has 0 unspecified atom stereocenters. The summed E-state index contributed by atoms with van der Waals surface area (Å²) in [4.78, 5) is 22.0. The molecule has 18 heavy (non-hydrogen) atoms. The maximum absolute atomic E-state index is 12.8. The first-order chi connectivity index (χ1) is 8.43. The Morgan fingerprint density at radius 3 is 2.61 bits per heavy atom. The lowest BCUT2D eigenvalue weighted by molar-refractivity contribution is -0.140. The number of hydrogen-bond donors (Lipinski definition) is 4. The summed E-state index contributed by atoms with van der Waals surface area (Å²) < 4.78 is 13.3. The highest BCUT2D eigenvalue weighted by Crippen LogP contribution is 2.18. The molecular weight excluding hydrogens is 358 g/mol. The van der Waals surface area contributed by atoms with Gasteiger partial charge in [-0.05, 0) is 40.8 Å². The molecule has 0 saturated heterocycles. The van der Waals surface area contributed by atoms with Crippen LogP contribution in [0.3, 0.4) is 0 Å². The van der Waals surface area contributed by atoms with Crippen LogP contribution in [-0.4, -0.2) is 34.9 Å². The van der Waals surface area contributed by atoms with Gasteiger partial charge in [-0.1, -0.05) is 0 Å². The molecule has 0 radical (unpaired) electrons. The summed E-state index contributed by atoms with van der Waals surface area (Å²) in [6.45, 7) is -0.719. The molecule has 2 amide bonds. The number of aliphatic hydroxyl groups is 1. The van der Waals surface area contributed by atoms with E-state index in [0.29, 0.717) is 9.26 Å². The van der Waals surface area contributed by atoms with Crippen LogP contribution in [0.4, 0.5) is 14.9 Å². The van der Waals surface area contributed by atoms with Crippen molar-refractivity contribution in [2.24, 2.45) is 0 Å². The zero-order valence-electron chi connectivity index (χ0n) is 8.98. The number of aliphatic carboxylic acids is 1. The van der Waals surface area contributed by atoms with E-state index in [1.54, 1.807) is 0 Å². The molecule has 8 heteroatoms. The van der Waals surface area contributed by atoms with E-state index < -0.39 is 30.5 Å². The highest BCUT2D eigenvalue weighted by molar-refractivity contribution is 14.1. The van der Waals surface area contributed by atoms with Crippen LogP contribution >= 0.6 is 22.6 Å². The van der Waals surface area contributed by atoms with Crippen LogP contribution in [-0.2, 0) is 4.79 Å². The van der Waals surface area contributed by atoms with Crippen molar-refractivity contribution >= 4 is 40.3 Å². The monoisotopic (exact) mass is 368 g/mol. The molecule has 1 rings (SSSR count). The van der Waals surface area contributed by atoms with E-state index in [2.05, 4.69) is 10.6 Å². The Morgan fingerprint density at radius 1 is 1.44 bits per heavy atom. The van der Waals surface area contributed by atoms with Crippen molar-refractivity contribution < 1.29 is 24.2 Å². The number of nitrogens with one attached hydrogen (secondary N) is 2. The molecule has 0 aliphatic heterocycles. The van der Waals surface area contributed by atoms with Gasteiger partial charge in [-0.2, -0.15) is 0 Å². The number of halogens is 2. The van der Waals surface area contributed by atoms with E-state index in [9.17, 15) is 14.0 Å². The third-order valence-electron chi connectivity index (χ3n) is 1.97. The average molecular weight is 368 g/mol. The number of benzene rings is 1.